The van der Waals surface area contributed by atoms with E-state index in [9.17, 15) is 0 Å². The van der Waals surface area contributed by atoms with Gasteiger partial charge >= 0.3 is 0 Å². The normalized spacial score (nSPS) is 13.3. The summed E-state index contributed by atoms with van der Waals surface area (Å²) < 4.78 is 1.41. The number of benzene rings is 1. The van der Waals surface area contributed by atoms with Crippen LogP contribution in [0.2, 0.25) is 0 Å². The monoisotopic (exact) mass is 293 g/mol. The molecule has 0 aliphatic carbocycles. The van der Waals surface area contributed by atoms with Crippen LogP contribution in [0.5, 0.6) is 0 Å². The fourth-order valence-electron chi connectivity index (χ4n) is 2.24. The van der Waals surface area contributed by atoms with Gasteiger partial charge in [-0.25, -0.2) is 0 Å². The first-order chi connectivity index (χ1) is 9.20. The van der Waals surface area contributed by atoms with Crippen LogP contribution in [0.15, 0.2) is 29.6 Å². The average molecular weight is 294 g/mol. The smallest absolute Gasteiger partial charge is 0.0345 e. The van der Waals surface area contributed by atoms with Crippen LogP contribution in [-0.2, 0) is 6.42 Å². The summed E-state index contributed by atoms with van der Waals surface area (Å²) in [5.74, 6) is 1.19. The molecule has 0 saturated carbocycles. The number of nitrogens with one attached hydrogen (secondary N) is 1. The van der Waals surface area contributed by atoms with Crippen molar-refractivity contribution in [3.63, 3.8) is 0 Å². The van der Waals surface area contributed by atoms with Gasteiger partial charge in [0, 0.05) is 16.5 Å². The van der Waals surface area contributed by atoms with E-state index in [2.05, 4.69) is 55.7 Å². The quantitative estimate of drug-likeness (QED) is 0.803. The predicted molar refractivity (Wildman–Crippen MR) is 90.6 cm³/mol. The van der Waals surface area contributed by atoms with Crippen LogP contribution < -0.4 is 5.32 Å². The van der Waals surface area contributed by atoms with Gasteiger partial charge in [0.05, 0.1) is 0 Å². The molecule has 104 valence electrons. The van der Waals surface area contributed by atoms with E-state index < -0.39 is 0 Å². The highest BCUT2D eigenvalue weighted by atomic mass is 32.2. The van der Waals surface area contributed by atoms with E-state index in [0.29, 0.717) is 11.3 Å². The molecule has 0 saturated heterocycles. The standard InChI is InChI=1S/C16H23NS2/c1-4-17-14(11-18-12(2)3)9-13-10-19-16-8-6-5-7-15(13)16/h5-8,10,12,14,17H,4,9,11H2,1-3H3. The third kappa shape index (κ3) is 4.23. The number of likely N-dealkylation sites (N-methyl/N-ethyl adjacent to an activating group) is 1. The van der Waals surface area contributed by atoms with Crippen LogP contribution >= 0.6 is 23.1 Å². The van der Waals surface area contributed by atoms with Gasteiger partial charge in [-0.2, -0.15) is 11.8 Å². The van der Waals surface area contributed by atoms with Gasteiger partial charge < -0.3 is 5.32 Å². The average Bonchev–Trinajstić information content (AvgIpc) is 2.80. The van der Waals surface area contributed by atoms with E-state index in [1.54, 1.807) is 0 Å². The highest BCUT2D eigenvalue weighted by Crippen LogP contribution is 2.27. The number of fused-ring (bicyclic) bond motifs is 1. The summed E-state index contributed by atoms with van der Waals surface area (Å²) in [5, 5.41) is 8.10. The van der Waals surface area contributed by atoms with Crippen LogP contribution in [0.4, 0.5) is 0 Å². The molecular weight excluding hydrogens is 270 g/mol. The Labute approximate surface area is 124 Å². The number of thioether (sulfide) groups is 1. The lowest BCUT2D eigenvalue weighted by Crippen LogP contribution is -2.33. The molecule has 1 atom stereocenters. The van der Waals surface area contributed by atoms with E-state index >= 15 is 0 Å². The number of thiophene rings is 1. The molecule has 1 aromatic carbocycles. The maximum absolute atomic E-state index is 3.62. The molecule has 1 nitrogen and oxygen atoms in total. The van der Waals surface area contributed by atoms with Crippen molar-refractivity contribution in [3.8, 4) is 0 Å². The Morgan fingerprint density at radius 1 is 1.26 bits per heavy atom. The molecule has 1 unspecified atom stereocenters. The van der Waals surface area contributed by atoms with Gasteiger partial charge in [-0.1, -0.05) is 39.0 Å². The maximum atomic E-state index is 3.62. The SMILES string of the molecule is CCNC(CSC(C)C)Cc1csc2ccccc12. The Bertz CT molecular complexity index is 504. The first kappa shape index (κ1) is 14.9. The summed E-state index contributed by atoms with van der Waals surface area (Å²) in [7, 11) is 0. The van der Waals surface area contributed by atoms with E-state index in [4.69, 9.17) is 0 Å². The van der Waals surface area contributed by atoms with Crippen molar-refractivity contribution in [3.05, 3.63) is 35.2 Å². The molecule has 0 spiro atoms. The molecule has 1 heterocycles. The highest BCUT2D eigenvalue weighted by molar-refractivity contribution is 7.99. The fraction of sp³-hybridized carbons (Fsp3) is 0.500. The van der Waals surface area contributed by atoms with Crippen LogP contribution in [-0.4, -0.2) is 23.6 Å². The molecule has 0 bridgehead atoms. The van der Waals surface area contributed by atoms with Gasteiger partial charge in [-0.15, -0.1) is 11.3 Å². The molecule has 0 fully saturated rings. The van der Waals surface area contributed by atoms with Crippen molar-refractivity contribution >= 4 is 33.2 Å². The predicted octanol–water partition coefficient (Wildman–Crippen LogP) is 4.56. The van der Waals surface area contributed by atoms with Crippen molar-refractivity contribution in [2.75, 3.05) is 12.3 Å². The Kier molecular flexibility index (Phi) is 5.74. The first-order valence-electron chi connectivity index (χ1n) is 7.00. The molecular formula is C16H23NS2. The molecule has 0 amide bonds. The van der Waals surface area contributed by atoms with Crippen molar-refractivity contribution in [2.45, 2.75) is 38.5 Å². The molecule has 2 rings (SSSR count). The first-order valence-corrected chi connectivity index (χ1v) is 8.93. The molecule has 0 aliphatic heterocycles. The van der Waals surface area contributed by atoms with E-state index in [0.717, 1.165) is 13.0 Å². The van der Waals surface area contributed by atoms with E-state index in [1.807, 2.05) is 23.1 Å². The number of rotatable bonds is 7. The minimum absolute atomic E-state index is 0.579. The zero-order chi connectivity index (χ0) is 13.7. The van der Waals surface area contributed by atoms with Crippen LogP contribution in [0, 0.1) is 0 Å². The Morgan fingerprint density at radius 3 is 2.79 bits per heavy atom. The highest BCUT2D eigenvalue weighted by Gasteiger charge is 2.12. The maximum Gasteiger partial charge on any atom is 0.0345 e. The second-order valence-corrected chi connectivity index (χ2v) is 7.62. The lowest BCUT2D eigenvalue weighted by molar-refractivity contribution is 0.574. The van der Waals surface area contributed by atoms with Gasteiger partial charge in [0.2, 0.25) is 0 Å². The second-order valence-electron chi connectivity index (χ2n) is 5.10. The van der Waals surface area contributed by atoms with E-state index in [-0.39, 0.29) is 0 Å². The third-order valence-electron chi connectivity index (χ3n) is 3.15. The van der Waals surface area contributed by atoms with Crippen molar-refractivity contribution in [2.24, 2.45) is 0 Å². The molecule has 0 aliphatic rings. The summed E-state index contributed by atoms with van der Waals surface area (Å²) in [6.07, 6.45) is 1.14. The van der Waals surface area contributed by atoms with Gasteiger partial charge in [0.15, 0.2) is 0 Å². The summed E-state index contributed by atoms with van der Waals surface area (Å²) in [6.45, 7) is 7.78. The topological polar surface area (TPSA) is 12.0 Å². The van der Waals surface area contributed by atoms with Crippen molar-refractivity contribution < 1.29 is 0 Å². The summed E-state index contributed by atoms with van der Waals surface area (Å²) in [4.78, 5) is 0. The van der Waals surface area contributed by atoms with Gasteiger partial charge in [0.25, 0.3) is 0 Å². The Morgan fingerprint density at radius 2 is 2.05 bits per heavy atom. The Balaban J connectivity index is 2.07. The van der Waals surface area contributed by atoms with Gasteiger partial charge in [-0.05, 0) is 40.6 Å². The molecule has 1 N–H and O–H groups in total. The van der Waals surface area contributed by atoms with Crippen LogP contribution in [0.25, 0.3) is 10.1 Å². The van der Waals surface area contributed by atoms with E-state index in [1.165, 1.54) is 21.4 Å². The molecule has 3 heteroatoms. The fourth-order valence-corrected chi connectivity index (χ4v) is 4.07. The zero-order valence-corrected chi connectivity index (χ0v) is 13.6. The molecule has 1 aromatic heterocycles. The minimum atomic E-state index is 0.579. The van der Waals surface area contributed by atoms with Gasteiger partial charge in [-0.3, -0.25) is 0 Å². The van der Waals surface area contributed by atoms with Gasteiger partial charge in [0.1, 0.15) is 0 Å². The third-order valence-corrected chi connectivity index (χ3v) is 5.42. The number of hydrogen-bond acceptors (Lipinski definition) is 3. The lowest BCUT2D eigenvalue weighted by atomic mass is 10.1. The summed E-state index contributed by atoms with van der Waals surface area (Å²) >= 11 is 3.91. The summed E-state index contributed by atoms with van der Waals surface area (Å²) in [5.41, 5.74) is 1.50. The Hall–Kier alpha value is -0.510. The molecule has 19 heavy (non-hydrogen) atoms. The second kappa shape index (κ2) is 7.32. The number of hydrogen-bond donors (Lipinski definition) is 1. The molecule has 2 aromatic rings. The zero-order valence-electron chi connectivity index (χ0n) is 12.0. The van der Waals surface area contributed by atoms with Crippen molar-refractivity contribution in [1.82, 2.24) is 5.32 Å². The largest absolute Gasteiger partial charge is 0.313 e. The summed E-state index contributed by atoms with van der Waals surface area (Å²) in [6, 6.07) is 9.31. The lowest BCUT2D eigenvalue weighted by Gasteiger charge is -2.18. The molecule has 0 radical (unpaired) electrons. The van der Waals surface area contributed by atoms with Crippen molar-refractivity contribution in [1.29, 1.82) is 0 Å². The van der Waals surface area contributed by atoms with Crippen LogP contribution in [0.1, 0.15) is 26.3 Å². The van der Waals surface area contributed by atoms with Crippen LogP contribution in [0.3, 0.4) is 0 Å². The minimum Gasteiger partial charge on any atom is -0.313 e.